The third-order valence-corrected chi connectivity index (χ3v) is 4.16. The lowest BCUT2D eigenvalue weighted by atomic mass is 10.0. The molecule has 0 aromatic rings. The molecule has 0 bridgehead atoms. The van der Waals surface area contributed by atoms with Crippen LogP contribution in [-0.2, 0) is 4.79 Å². The van der Waals surface area contributed by atoms with Crippen molar-refractivity contribution < 1.29 is 9.90 Å². The van der Waals surface area contributed by atoms with E-state index < -0.39 is 5.97 Å². The standard InChI is InChI=1S/C12H21NO2/c1-2-9-6-7-13(8-9)11-5-3-4-10(11)12(14)15/h9-11H,2-8H2,1H3,(H,14,15). The number of likely N-dealkylation sites (tertiary alicyclic amines) is 1. The van der Waals surface area contributed by atoms with Gasteiger partial charge < -0.3 is 5.11 Å². The zero-order valence-corrected chi connectivity index (χ0v) is 9.48. The van der Waals surface area contributed by atoms with Gasteiger partial charge in [-0.15, -0.1) is 0 Å². The second-order valence-corrected chi connectivity index (χ2v) is 5.00. The second kappa shape index (κ2) is 4.52. The van der Waals surface area contributed by atoms with Crippen molar-refractivity contribution in [3.63, 3.8) is 0 Å². The number of aliphatic carboxylic acids is 1. The maximum Gasteiger partial charge on any atom is 0.308 e. The van der Waals surface area contributed by atoms with Crippen LogP contribution in [0, 0.1) is 11.8 Å². The van der Waals surface area contributed by atoms with Crippen LogP contribution < -0.4 is 0 Å². The quantitative estimate of drug-likeness (QED) is 0.776. The molecule has 3 heteroatoms. The van der Waals surface area contributed by atoms with Crippen molar-refractivity contribution in [2.45, 2.75) is 45.1 Å². The fourth-order valence-corrected chi connectivity index (χ4v) is 3.16. The Morgan fingerprint density at radius 3 is 2.80 bits per heavy atom. The minimum atomic E-state index is -0.586. The first kappa shape index (κ1) is 10.9. The van der Waals surface area contributed by atoms with Crippen molar-refractivity contribution in [2.75, 3.05) is 13.1 Å². The van der Waals surface area contributed by atoms with E-state index in [0.717, 1.165) is 38.3 Å². The predicted octanol–water partition coefficient (Wildman–Crippen LogP) is 1.97. The van der Waals surface area contributed by atoms with Gasteiger partial charge in [-0.25, -0.2) is 0 Å². The van der Waals surface area contributed by atoms with Crippen LogP contribution in [0.3, 0.4) is 0 Å². The molecule has 3 atom stereocenters. The molecule has 1 N–H and O–H groups in total. The highest BCUT2D eigenvalue weighted by Crippen LogP contribution is 2.33. The maximum absolute atomic E-state index is 11.1. The molecule has 1 saturated heterocycles. The first-order chi connectivity index (χ1) is 7.22. The molecule has 1 heterocycles. The summed E-state index contributed by atoms with van der Waals surface area (Å²) in [5.41, 5.74) is 0. The second-order valence-electron chi connectivity index (χ2n) is 5.00. The van der Waals surface area contributed by atoms with Crippen LogP contribution in [0.25, 0.3) is 0 Å². The lowest BCUT2D eigenvalue weighted by molar-refractivity contribution is -0.143. The number of carboxylic acid groups (broad SMARTS) is 1. The molecule has 0 aromatic heterocycles. The molecule has 3 unspecified atom stereocenters. The Bertz CT molecular complexity index is 242. The Morgan fingerprint density at radius 2 is 2.20 bits per heavy atom. The molecule has 1 aliphatic carbocycles. The highest BCUT2D eigenvalue weighted by Gasteiger charge is 2.39. The third kappa shape index (κ3) is 2.17. The summed E-state index contributed by atoms with van der Waals surface area (Å²) in [5, 5.41) is 9.14. The number of carboxylic acids is 1. The van der Waals surface area contributed by atoms with E-state index in [1.54, 1.807) is 0 Å². The Morgan fingerprint density at radius 1 is 1.40 bits per heavy atom. The van der Waals surface area contributed by atoms with E-state index in [2.05, 4.69) is 11.8 Å². The highest BCUT2D eigenvalue weighted by atomic mass is 16.4. The first-order valence-corrected chi connectivity index (χ1v) is 6.19. The number of nitrogens with zero attached hydrogens (tertiary/aromatic N) is 1. The van der Waals surface area contributed by atoms with Crippen LogP contribution in [0.4, 0.5) is 0 Å². The van der Waals surface area contributed by atoms with E-state index in [1.807, 2.05) is 0 Å². The van der Waals surface area contributed by atoms with Gasteiger partial charge in [0.25, 0.3) is 0 Å². The number of rotatable bonds is 3. The zero-order chi connectivity index (χ0) is 10.8. The Balaban J connectivity index is 1.95. The van der Waals surface area contributed by atoms with Gasteiger partial charge in [-0.3, -0.25) is 9.69 Å². The van der Waals surface area contributed by atoms with Crippen LogP contribution in [0.15, 0.2) is 0 Å². The van der Waals surface area contributed by atoms with Crippen molar-refractivity contribution in [3.8, 4) is 0 Å². The number of carbonyl (C=O) groups is 1. The normalized spacial score (nSPS) is 37.3. The van der Waals surface area contributed by atoms with Crippen LogP contribution >= 0.6 is 0 Å². The van der Waals surface area contributed by atoms with Gasteiger partial charge in [-0.1, -0.05) is 19.8 Å². The fourth-order valence-electron chi connectivity index (χ4n) is 3.16. The summed E-state index contributed by atoms with van der Waals surface area (Å²) in [7, 11) is 0. The van der Waals surface area contributed by atoms with Crippen LogP contribution in [-0.4, -0.2) is 35.1 Å². The largest absolute Gasteiger partial charge is 0.481 e. The molecule has 86 valence electrons. The average Bonchev–Trinajstić information content (AvgIpc) is 2.85. The van der Waals surface area contributed by atoms with Crippen molar-refractivity contribution >= 4 is 5.97 Å². The number of hydrogen-bond acceptors (Lipinski definition) is 2. The lowest BCUT2D eigenvalue weighted by Gasteiger charge is -2.27. The molecule has 3 nitrogen and oxygen atoms in total. The summed E-state index contributed by atoms with van der Waals surface area (Å²) in [6.07, 6.45) is 5.57. The van der Waals surface area contributed by atoms with Gasteiger partial charge in [0.15, 0.2) is 0 Å². The molecule has 0 spiro atoms. The summed E-state index contributed by atoms with van der Waals surface area (Å²) in [6.45, 7) is 4.48. The molecule has 1 aliphatic heterocycles. The molecular formula is C12H21NO2. The van der Waals surface area contributed by atoms with Crippen LogP contribution in [0.2, 0.25) is 0 Å². The minimum absolute atomic E-state index is 0.0967. The van der Waals surface area contributed by atoms with Crippen molar-refractivity contribution in [3.05, 3.63) is 0 Å². The Kier molecular flexibility index (Phi) is 3.29. The van der Waals surface area contributed by atoms with Gasteiger partial charge in [-0.2, -0.15) is 0 Å². The summed E-state index contributed by atoms with van der Waals surface area (Å²) < 4.78 is 0. The van der Waals surface area contributed by atoms with Crippen molar-refractivity contribution in [1.29, 1.82) is 0 Å². The SMILES string of the molecule is CCC1CCN(C2CCCC2C(=O)O)C1. The smallest absolute Gasteiger partial charge is 0.308 e. The zero-order valence-electron chi connectivity index (χ0n) is 9.48. The highest BCUT2D eigenvalue weighted by molar-refractivity contribution is 5.71. The molecule has 2 fully saturated rings. The Labute approximate surface area is 91.5 Å². The van der Waals surface area contributed by atoms with Crippen molar-refractivity contribution in [1.82, 2.24) is 4.90 Å². The third-order valence-electron chi connectivity index (χ3n) is 4.16. The average molecular weight is 211 g/mol. The van der Waals surface area contributed by atoms with Gasteiger partial charge >= 0.3 is 5.97 Å². The topological polar surface area (TPSA) is 40.5 Å². The van der Waals surface area contributed by atoms with Gasteiger partial charge in [-0.05, 0) is 31.7 Å². The van der Waals surface area contributed by atoms with Gasteiger partial charge in [0, 0.05) is 12.6 Å². The van der Waals surface area contributed by atoms with E-state index in [9.17, 15) is 4.79 Å². The molecule has 2 aliphatic rings. The minimum Gasteiger partial charge on any atom is -0.481 e. The summed E-state index contributed by atoms with van der Waals surface area (Å²) in [4.78, 5) is 13.5. The molecule has 0 amide bonds. The lowest BCUT2D eigenvalue weighted by Crippen LogP contribution is -2.39. The van der Waals surface area contributed by atoms with E-state index in [-0.39, 0.29) is 5.92 Å². The molecule has 0 radical (unpaired) electrons. The molecule has 0 aromatic carbocycles. The summed E-state index contributed by atoms with van der Waals surface area (Å²) >= 11 is 0. The van der Waals surface area contributed by atoms with Crippen LogP contribution in [0.5, 0.6) is 0 Å². The van der Waals surface area contributed by atoms with Gasteiger partial charge in [0.1, 0.15) is 0 Å². The van der Waals surface area contributed by atoms with E-state index in [0.29, 0.717) is 6.04 Å². The predicted molar refractivity (Wildman–Crippen MR) is 58.7 cm³/mol. The van der Waals surface area contributed by atoms with E-state index in [4.69, 9.17) is 5.11 Å². The van der Waals surface area contributed by atoms with Crippen LogP contribution in [0.1, 0.15) is 39.0 Å². The summed E-state index contributed by atoms with van der Waals surface area (Å²) in [5.74, 6) is 0.123. The fraction of sp³-hybridized carbons (Fsp3) is 0.917. The molecule has 15 heavy (non-hydrogen) atoms. The van der Waals surface area contributed by atoms with Crippen molar-refractivity contribution in [2.24, 2.45) is 11.8 Å². The maximum atomic E-state index is 11.1. The van der Waals surface area contributed by atoms with E-state index >= 15 is 0 Å². The number of hydrogen-bond donors (Lipinski definition) is 1. The van der Waals surface area contributed by atoms with Gasteiger partial charge in [0.05, 0.1) is 5.92 Å². The Hall–Kier alpha value is -0.570. The van der Waals surface area contributed by atoms with Gasteiger partial charge in [0.2, 0.25) is 0 Å². The first-order valence-electron chi connectivity index (χ1n) is 6.19. The monoisotopic (exact) mass is 211 g/mol. The van der Waals surface area contributed by atoms with E-state index in [1.165, 1.54) is 12.8 Å². The molecule has 1 saturated carbocycles. The molecule has 2 rings (SSSR count). The summed E-state index contributed by atoms with van der Waals surface area (Å²) in [6, 6.07) is 0.332. The molecular weight excluding hydrogens is 190 g/mol.